The van der Waals surface area contributed by atoms with Crippen molar-refractivity contribution >= 4 is 16.9 Å². The summed E-state index contributed by atoms with van der Waals surface area (Å²) >= 11 is 0. The molecule has 3 aromatic rings. The van der Waals surface area contributed by atoms with Gasteiger partial charge in [0.15, 0.2) is 0 Å². The van der Waals surface area contributed by atoms with Gasteiger partial charge in [-0.05, 0) is 43.9 Å². The lowest BCUT2D eigenvalue weighted by Gasteiger charge is -2.28. The number of carbonyl (C=O) groups excluding carboxylic acids is 1. The number of pyridine rings is 1. The van der Waals surface area contributed by atoms with Crippen molar-refractivity contribution in [2.45, 2.75) is 58.2 Å². The predicted octanol–water partition coefficient (Wildman–Crippen LogP) is 3.73. The van der Waals surface area contributed by atoms with Crippen LogP contribution in [0.15, 0.2) is 42.7 Å². The van der Waals surface area contributed by atoms with E-state index in [2.05, 4.69) is 46.1 Å². The van der Waals surface area contributed by atoms with E-state index in [0.29, 0.717) is 12.1 Å². The Balaban J connectivity index is 1.67. The third-order valence-electron chi connectivity index (χ3n) is 5.72. The highest BCUT2D eigenvalue weighted by atomic mass is 16.3. The number of aryl methyl sites for hydroxylation is 2. The number of rotatable bonds is 4. The third kappa shape index (κ3) is 3.67. The molecule has 0 bridgehead atoms. The Morgan fingerprint density at radius 2 is 1.93 bits per heavy atom. The first kappa shape index (κ1) is 18.7. The maximum absolute atomic E-state index is 13.0. The van der Waals surface area contributed by atoms with E-state index in [1.807, 2.05) is 19.2 Å². The lowest BCUT2D eigenvalue weighted by atomic mass is 9.92. The number of nitrogens with one attached hydrogen (secondary N) is 1. The van der Waals surface area contributed by atoms with Gasteiger partial charge in [-0.1, -0.05) is 42.7 Å². The molecule has 1 amide bonds. The van der Waals surface area contributed by atoms with Crippen LogP contribution < -0.4 is 5.32 Å². The zero-order valence-corrected chi connectivity index (χ0v) is 16.5. The zero-order chi connectivity index (χ0) is 19.7. The van der Waals surface area contributed by atoms with Crippen LogP contribution in [0.4, 0.5) is 0 Å². The molecular formula is C23H27N3O2. The fourth-order valence-electron chi connectivity index (χ4n) is 4.10. The highest BCUT2D eigenvalue weighted by Gasteiger charge is 2.26. The number of hydrogen-bond acceptors (Lipinski definition) is 3. The molecule has 4 rings (SSSR count). The van der Waals surface area contributed by atoms with Crippen LogP contribution in [0.5, 0.6) is 0 Å². The number of fused-ring (bicyclic) bond motifs is 1. The molecule has 2 aromatic heterocycles. The van der Waals surface area contributed by atoms with Gasteiger partial charge in [0.1, 0.15) is 5.52 Å². The van der Waals surface area contributed by atoms with Gasteiger partial charge in [0.25, 0.3) is 5.91 Å². The molecule has 5 nitrogen and oxygen atoms in total. The topological polar surface area (TPSA) is 67.2 Å². The summed E-state index contributed by atoms with van der Waals surface area (Å²) in [5.41, 5.74) is 5.77. The maximum atomic E-state index is 13.0. The second kappa shape index (κ2) is 7.76. The van der Waals surface area contributed by atoms with E-state index in [1.165, 1.54) is 11.1 Å². The van der Waals surface area contributed by atoms with Crippen molar-refractivity contribution < 1.29 is 9.90 Å². The number of nitrogens with zero attached hydrogens (tertiary/aromatic N) is 2. The Kier molecular flexibility index (Phi) is 5.18. The number of aliphatic hydroxyl groups excluding tert-OH is 1. The average molecular weight is 377 g/mol. The van der Waals surface area contributed by atoms with Crippen molar-refractivity contribution in [2.24, 2.45) is 0 Å². The number of carbonyl (C=O) groups is 1. The van der Waals surface area contributed by atoms with Crippen molar-refractivity contribution in [3.8, 4) is 0 Å². The van der Waals surface area contributed by atoms with Crippen LogP contribution in [-0.2, 0) is 6.54 Å². The smallest absolute Gasteiger partial charge is 0.255 e. The van der Waals surface area contributed by atoms with E-state index in [9.17, 15) is 9.90 Å². The van der Waals surface area contributed by atoms with E-state index in [-0.39, 0.29) is 11.9 Å². The van der Waals surface area contributed by atoms with Gasteiger partial charge < -0.3 is 15.0 Å². The average Bonchev–Trinajstić information content (AvgIpc) is 3.05. The summed E-state index contributed by atoms with van der Waals surface area (Å²) in [6.45, 7) is 4.80. The summed E-state index contributed by atoms with van der Waals surface area (Å²) in [7, 11) is 0. The summed E-state index contributed by atoms with van der Waals surface area (Å²) < 4.78 is 2.11. The number of aromatic nitrogens is 2. The van der Waals surface area contributed by atoms with Crippen molar-refractivity contribution in [1.82, 2.24) is 14.9 Å². The van der Waals surface area contributed by atoms with Crippen molar-refractivity contribution in [1.29, 1.82) is 0 Å². The summed E-state index contributed by atoms with van der Waals surface area (Å²) in [6.07, 6.45) is 6.81. The van der Waals surface area contributed by atoms with Gasteiger partial charge in [-0.25, -0.2) is 0 Å². The fourth-order valence-corrected chi connectivity index (χ4v) is 4.10. The highest BCUT2D eigenvalue weighted by molar-refractivity contribution is 6.06. The largest absolute Gasteiger partial charge is 0.391 e. The molecule has 0 saturated heterocycles. The Labute approximate surface area is 165 Å². The minimum absolute atomic E-state index is 0.156. The van der Waals surface area contributed by atoms with E-state index >= 15 is 0 Å². The molecule has 2 atom stereocenters. The van der Waals surface area contributed by atoms with Crippen LogP contribution in [0.2, 0.25) is 0 Å². The highest BCUT2D eigenvalue weighted by Crippen LogP contribution is 2.25. The predicted molar refractivity (Wildman–Crippen MR) is 110 cm³/mol. The Morgan fingerprint density at radius 3 is 2.68 bits per heavy atom. The van der Waals surface area contributed by atoms with E-state index < -0.39 is 6.10 Å². The normalized spacial score (nSPS) is 19.7. The fraction of sp³-hybridized carbons (Fsp3) is 0.391. The SMILES string of the molecule is Cc1ccc(Cn2cc(C(=O)N[C@H]3CCCC[C@@H]3O)c3nccc(C)c32)cc1. The van der Waals surface area contributed by atoms with Crippen LogP contribution in [-0.4, -0.2) is 32.7 Å². The van der Waals surface area contributed by atoms with E-state index in [4.69, 9.17) is 0 Å². The van der Waals surface area contributed by atoms with Crippen LogP contribution in [0.1, 0.15) is 52.7 Å². The Hall–Kier alpha value is -2.66. The maximum Gasteiger partial charge on any atom is 0.255 e. The molecule has 146 valence electrons. The first-order valence-corrected chi connectivity index (χ1v) is 10.0. The molecular weight excluding hydrogens is 350 g/mol. The summed E-state index contributed by atoms with van der Waals surface area (Å²) in [5, 5.41) is 13.2. The summed E-state index contributed by atoms with van der Waals surface area (Å²) in [6, 6.07) is 10.2. The minimum Gasteiger partial charge on any atom is -0.391 e. The Bertz CT molecular complexity index is 991. The summed E-state index contributed by atoms with van der Waals surface area (Å²) in [5.74, 6) is -0.156. The number of amides is 1. The lowest BCUT2D eigenvalue weighted by Crippen LogP contribution is -2.45. The molecule has 1 fully saturated rings. The molecule has 2 N–H and O–H groups in total. The quantitative estimate of drug-likeness (QED) is 0.728. The van der Waals surface area contributed by atoms with Gasteiger partial charge in [0.2, 0.25) is 0 Å². The molecule has 0 spiro atoms. The van der Waals surface area contributed by atoms with Crippen LogP contribution in [0, 0.1) is 13.8 Å². The molecule has 1 aromatic carbocycles. The molecule has 2 heterocycles. The second-order valence-corrected chi connectivity index (χ2v) is 7.91. The Morgan fingerprint density at radius 1 is 1.18 bits per heavy atom. The standard InChI is InChI=1S/C23H27N3O2/c1-15-7-9-17(10-8-15)13-26-14-18(21-22(26)16(2)11-12-24-21)23(28)25-19-5-3-4-6-20(19)27/h7-12,14,19-20,27H,3-6,13H2,1-2H3,(H,25,28)/t19-,20-/m0/s1. The zero-order valence-electron chi connectivity index (χ0n) is 16.5. The molecule has 0 unspecified atom stereocenters. The molecule has 0 aliphatic heterocycles. The van der Waals surface area contributed by atoms with Crippen LogP contribution in [0.3, 0.4) is 0 Å². The van der Waals surface area contributed by atoms with Crippen LogP contribution >= 0.6 is 0 Å². The number of aliphatic hydroxyl groups is 1. The van der Waals surface area contributed by atoms with Gasteiger partial charge in [-0.15, -0.1) is 0 Å². The second-order valence-electron chi connectivity index (χ2n) is 7.91. The monoisotopic (exact) mass is 377 g/mol. The van der Waals surface area contributed by atoms with E-state index in [0.717, 1.165) is 42.3 Å². The summed E-state index contributed by atoms with van der Waals surface area (Å²) in [4.78, 5) is 17.5. The first-order valence-electron chi connectivity index (χ1n) is 10.0. The van der Waals surface area contributed by atoms with Gasteiger partial charge in [-0.3, -0.25) is 9.78 Å². The molecule has 1 aliphatic carbocycles. The first-order chi connectivity index (χ1) is 13.5. The molecule has 1 aliphatic rings. The van der Waals surface area contributed by atoms with Gasteiger partial charge in [0, 0.05) is 18.9 Å². The van der Waals surface area contributed by atoms with Crippen molar-refractivity contribution in [2.75, 3.05) is 0 Å². The number of hydrogen-bond donors (Lipinski definition) is 2. The molecule has 1 saturated carbocycles. The van der Waals surface area contributed by atoms with Crippen molar-refractivity contribution in [3.63, 3.8) is 0 Å². The van der Waals surface area contributed by atoms with Gasteiger partial charge >= 0.3 is 0 Å². The third-order valence-corrected chi connectivity index (χ3v) is 5.72. The van der Waals surface area contributed by atoms with Gasteiger partial charge in [0.05, 0.1) is 23.2 Å². The lowest BCUT2D eigenvalue weighted by molar-refractivity contribution is 0.0718. The van der Waals surface area contributed by atoms with Crippen LogP contribution in [0.25, 0.3) is 11.0 Å². The van der Waals surface area contributed by atoms with Crippen molar-refractivity contribution in [3.05, 3.63) is 65.0 Å². The molecule has 0 radical (unpaired) electrons. The molecule has 28 heavy (non-hydrogen) atoms. The van der Waals surface area contributed by atoms with Gasteiger partial charge in [-0.2, -0.15) is 0 Å². The number of benzene rings is 1. The minimum atomic E-state index is -0.465. The van der Waals surface area contributed by atoms with E-state index in [1.54, 1.807) is 6.20 Å². The molecule has 5 heteroatoms.